The van der Waals surface area contributed by atoms with Crippen LogP contribution >= 0.6 is 0 Å². The van der Waals surface area contributed by atoms with E-state index in [4.69, 9.17) is 0 Å². The monoisotopic (exact) mass is 232 g/mol. The number of benzene rings is 1. The fourth-order valence-electron chi connectivity index (χ4n) is 1.62. The summed E-state index contributed by atoms with van der Waals surface area (Å²) in [6.07, 6.45) is 2.10. The Kier molecular flexibility index (Phi) is 3.13. The minimum absolute atomic E-state index is 0.0864. The molecule has 0 spiro atoms. The predicted molar refractivity (Wildman–Crippen MR) is 66.0 cm³/mol. The SMILES string of the molecule is CC(=O)N(C)c1ccccc1C(=O)NC1CC1. The molecule has 90 valence electrons. The highest BCUT2D eigenvalue weighted by Gasteiger charge is 2.25. The molecular formula is C13H16N2O2. The van der Waals surface area contributed by atoms with Crippen LogP contribution in [0.1, 0.15) is 30.1 Å². The zero-order valence-corrected chi connectivity index (χ0v) is 10.1. The first kappa shape index (κ1) is 11.6. The van der Waals surface area contributed by atoms with E-state index < -0.39 is 0 Å². The van der Waals surface area contributed by atoms with Crippen molar-refractivity contribution in [3.63, 3.8) is 0 Å². The van der Waals surface area contributed by atoms with Crippen molar-refractivity contribution in [3.05, 3.63) is 29.8 Å². The summed E-state index contributed by atoms with van der Waals surface area (Å²) in [4.78, 5) is 24.8. The van der Waals surface area contributed by atoms with Crippen molar-refractivity contribution in [2.24, 2.45) is 0 Å². The van der Waals surface area contributed by atoms with E-state index in [1.165, 1.54) is 11.8 Å². The Balaban J connectivity index is 2.25. The van der Waals surface area contributed by atoms with Crippen LogP contribution in [-0.4, -0.2) is 24.9 Å². The normalized spacial score (nSPS) is 14.2. The molecule has 0 aromatic heterocycles. The number of nitrogens with zero attached hydrogens (tertiary/aromatic N) is 1. The zero-order chi connectivity index (χ0) is 12.4. The van der Waals surface area contributed by atoms with Crippen LogP contribution in [0.4, 0.5) is 5.69 Å². The molecule has 1 aromatic carbocycles. The Bertz CT molecular complexity index is 452. The van der Waals surface area contributed by atoms with Crippen molar-refractivity contribution in [3.8, 4) is 0 Å². The van der Waals surface area contributed by atoms with Gasteiger partial charge in [0, 0.05) is 20.0 Å². The van der Waals surface area contributed by atoms with Crippen molar-refractivity contribution in [1.82, 2.24) is 5.32 Å². The summed E-state index contributed by atoms with van der Waals surface area (Å²) in [6, 6.07) is 7.47. The molecule has 0 unspecified atom stereocenters. The van der Waals surface area contributed by atoms with Crippen LogP contribution in [0, 0.1) is 0 Å². The van der Waals surface area contributed by atoms with Gasteiger partial charge in [0.2, 0.25) is 5.91 Å². The van der Waals surface area contributed by atoms with Gasteiger partial charge in [0.25, 0.3) is 5.91 Å². The van der Waals surface area contributed by atoms with Crippen LogP contribution in [0.15, 0.2) is 24.3 Å². The molecule has 1 saturated carbocycles. The molecule has 0 saturated heterocycles. The second kappa shape index (κ2) is 4.57. The lowest BCUT2D eigenvalue weighted by molar-refractivity contribution is -0.116. The Hall–Kier alpha value is -1.84. The molecule has 17 heavy (non-hydrogen) atoms. The number of hydrogen-bond donors (Lipinski definition) is 1. The van der Waals surface area contributed by atoms with E-state index in [9.17, 15) is 9.59 Å². The average Bonchev–Trinajstić information content (AvgIpc) is 3.11. The minimum Gasteiger partial charge on any atom is -0.349 e. The summed E-state index contributed by atoms with van der Waals surface area (Å²) in [6.45, 7) is 1.48. The lowest BCUT2D eigenvalue weighted by atomic mass is 10.1. The Labute approximate surface area is 101 Å². The Morgan fingerprint density at radius 3 is 2.53 bits per heavy atom. The average molecular weight is 232 g/mol. The number of amides is 2. The standard InChI is InChI=1S/C13H16N2O2/c1-9(16)15(2)12-6-4-3-5-11(12)13(17)14-10-7-8-10/h3-6,10H,7-8H2,1-2H3,(H,14,17). The van der Waals surface area contributed by atoms with Crippen molar-refractivity contribution in [2.75, 3.05) is 11.9 Å². The third kappa shape index (κ3) is 2.64. The Morgan fingerprint density at radius 1 is 1.29 bits per heavy atom. The number of rotatable bonds is 3. The maximum atomic E-state index is 12.0. The quantitative estimate of drug-likeness (QED) is 0.859. The van der Waals surface area contributed by atoms with E-state index in [1.54, 1.807) is 25.2 Å². The van der Waals surface area contributed by atoms with Crippen molar-refractivity contribution in [1.29, 1.82) is 0 Å². The molecule has 0 aliphatic heterocycles. The second-order valence-corrected chi connectivity index (χ2v) is 4.34. The first-order chi connectivity index (χ1) is 8.09. The zero-order valence-electron chi connectivity index (χ0n) is 10.1. The fourth-order valence-corrected chi connectivity index (χ4v) is 1.62. The molecule has 1 aliphatic rings. The topological polar surface area (TPSA) is 49.4 Å². The molecule has 1 fully saturated rings. The highest BCUT2D eigenvalue weighted by Crippen LogP contribution is 2.23. The molecule has 2 rings (SSSR count). The molecule has 2 amide bonds. The van der Waals surface area contributed by atoms with Gasteiger partial charge in [0.05, 0.1) is 11.3 Å². The van der Waals surface area contributed by atoms with Gasteiger partial charge in [-0.1, -0.05) is 12.1 Å². The van der Waals surface area contributed by atoms with Crippen molar-refractivity contribution < 1.29 is 9.59 Å². The van der Waals surface area contributed by atoms with E-state index in [0.717, 1.165) is 12.8 Å². The van der Waals surface area contributed by atoms with Gasteiger partial charge in [-0.15, -0.1) is 0 Å². The lowest BCUT2D eigenvalue weighted by Gasteiger charge is -2.18. The number of hydrogen-bond acceptors (Lipinski definition) is 2. The number of carbonyl (C=O) groups is 2. The molecule has 4 heteroatoms. The highest BCUT2D eigenvalue weighted by atomic mass is 16.2. The molecule has 4 nitrogen and oxygen atoms in total. The maximum absolute atomic E-state index is 12.0. The number of para-hydroxylation sites is 1. The van der Waals surface area contributed by atoms with E-state index >= 15 is 0 Å². The summed E-state index contributed by atoms with van der Waals surface area (Å²) in [5.41, 5.74) is 1.20. The molecule has 1 aliphatic carbocycles. The molecular weight excluding hydrogens is 216 g/mol. The summed E-state index contributed by atoms with van der Waals surface area (Å²) in [5, 5.41) is 2.93. The molecule has 1 N–H and O–H groups in total. The molecule has 0 bridgehead atoms. The minimum atomic E-state index is -0.101. The van der Waals surface area contributed by atoms with Crippen LogP contribution in [0.5, 0.6) is 0 Å². The molecule has 1 aromatic rings. The summed E-state index contributed by atoms with van der Waals surface area (Å²) in [5.74, 6) is -0.187. The maximum Gasteiger partial charge on any atom is 0.253 e. The predicted octanol–water partition coefficient (Wildman–Crippen LogP) is 1.56. The largest absolute Gasteiger partial charge is 0.349 e. The second-order valence-electron chi connectivity index (χ2n) is 4.34. The highest BCUT2D eigenvalue weighted by molar-refractivity contribution is 6.04. The van der Waals surface area contributed by atoms with E-state index in [2.05, 4.69) is 5.32 Å². The number of anilines is 1. The number of nitrogens with one attached hydrogen (secondary N) is 1. The Morgan fingerprint density at radius 2 is 1.94 bits per heavy atom. The van der Waals surface area contributed by atoms with E-state index in [-0.39, 0.29) is 11.8 Å². The molecule has 0 atom stereocenters. The third-order valence-electron chi connectivity index (χ3n) is 2.89. The lowest BCUT2D eigenvalue weighted by Crippen LogP contribution is -2.30. The van der Waals surface area contributed by atoms with Crippen LogP contribution in [0.25, 0.3) is 0 Å². The summed E-state index contributed by atoms with van der Waals surface area (Å²) >= 11 is 0. The van der Waals surface area contributed by atoms with Gasteiger partial charge in [0.1, 0.15) is 0 Å². The fraction of sp³-hybridized carbons (Fsp3) is 0.385. The first-order valence-corrected chi connectivity index (χ1v) is 5.74. The number of carbonyl (C=O) groups excluding carboxylic acids is 2. The molecule has 0 heterocycles. The summed E-state index contributed by atoms with van der Waals surface area (Å²) in [7, 11) is 1.67. The third-order valence-corrected chi connectivity index (χ3v) is 2.89. The molecule has 0 radical (unpaired) electrons. The van der Waals surface area contributed by atoms with Crippen molar-refractivity contribution >= 4 is 17.5 Å². The van der Waals surface area contributed by atoms with Crippen LogP contribution in [0.3, 0.4) is 0 Å². The van der Waals surface area contributed by atoms with Gasteiger partial charge in [-0.05, 0) is 25.0 Å². The van der Waals surface area contributed by atoms with Crippen LogP contribution in [-0.2, 0) is 4.79 Å². The first-order valence-electron chi connectivity index (χ1n) is 5.74. The van der Waals surface area contributed by atoms with Crippen LogP contribution < -0.4 is 10.2 Å². The van der Waals surface area contributed by atoms with Gasteiger partial charge in [-0.25, -0.2) is 0 Å². The van der Waals surface area contributed by atoms with Crippen LogP contribution in [0.2, 0.25) is 0 Å². The summed E-state index contributed by atoms with van der Waals surface area (Å²) < 4.78 is 0. The van der Waals surface area contributed by atoms with Gasteiger partial charge in [-0.3, -0.25) is 9.59 Å². The van der Waals surface area contributed by atoms with Gasteiger partial charge >= 0.3 is 0 Å². The smallest absolute Gasteiger partial charge is 0.253 e. The van der Waals surface area contributed by atoms with Gasteiger partial charge in [0.15, 0.2) is 0 Å². The van der Waals surface area contributed by atoms with Gasteiger partial charge in [-0.2, -0.15) is 0 Å². The van der Waals surface area contributed by atoms with E-state index in [0.29, 0.717) is 17.3 Å². The van der Waals surface area contributed by atoms with Crippen molar-refractivity contribution in [2.45, 2.75) is 25.8 Å². The van der Waals surface area contributed by atoms with E-state index in [1.807, 2.05) is 6.07 Å². The van der Waals surface area contributed by atoms with Gasteiger partial charge < -0.3 is 10.2 Å².